The zero-order valence-corrected chi connectivity index (χ0v) is 27.5. The smallest absolute Gasteiger partial charge is 0.426 e. The Labute approximate surface area is 270 Å². The number of rotatable bonds is 9. The summed E-state index contributed by atoms with van der Waals surface area (Å²) in [6, 6.07) is 14.2. The fourth-order valence-corrected chi connectivity index (χ4v) is 5.93. The number of nitrogens with zero attached hydrogens (tertiary/aromatic N) is 3. The van der Waals surface area contributed by atoms with Crippen LogP contribution in [-0.2, 0) is 28.1 Å². The number of aryl methyl sites for hydroxylation is 1. The summed E-state index contributed by atoms with van der Waals surface area (Å²) in [5, 5.41) is 0. The molecule has 0 aliphatic rings. The molecular formula is C33H35F2N3O8S. The molecule has 3 aromatic carbocycles. The van der Waals surface area contributed by atoms with Crippen LogP contribution in [0.25, 0.3) is 11.1 Å². The third kappa shape index (κ3) is 7.44. The lowest BCUT2D eigenvalue weighted by Gasteiger charge is -2.31. The van der Waals surface area contributed by atoms with Gasteiger partial charge in [0.25, 0.3) is 5.56 Å². The molecule has 0 fully saturated rings. The Morgan fingerprint density at radius 2 is 1.60 bits per heavy atom. The minimum absolute atomic E-state index is 0.0129. The van der Waals surface area contributed by atoms with Crippen molar-refractivity contribution in [3.63, 3.8) is 0 Å². The molecule has 0 bridgehead atoms. The van der Waals surface area contributed by atoms with Crippen molar-refractivity contribution in [2.45, 2.75) is 59.4 Å². The largest absolute Gasteiger partial charge is 0.494 e. The van der Waals surface area contributed by atoms with Crippen LogP contribution in [0, 0.1) is 25.5 Å². The average Bonchev–Trinajstić information content (AvgIpc) is 2.97. The highest BCUT2D eigenvalue weighted by Crippen LogP contribution is 2.31. The second-order valence-corrected chi connectivity index (χ2v) is 13.1. The van der Waals surface area contributed by atoms with Crippen LogP contribution < -0.4 is 16.0 Å². The van der Waals surface area contributed by atoms with Gasteiger partial charge >= 0.3 is 22.1 Å². The lowest BCUT2D eigenvalue weighted by Crippen LogP contribution is -2.48. The summed E-state index contributed by atoms with van der Waals surface area (Å²) >= 11 is 0. The molecule has 1 N–H and O–H groups in total. The van der Waals surface area contributed by atoms with Crippen LogP contribution in [0.1, 0.15) is 49.2 Å². The lowest BCUT2D eigenvalue weighted by molar-refractivity contribution is 0.0308. The SMILES string of the molecule is COc1cccc(-c2c(C)n(Cc3c(C)cccc3F)c(=O)n(C[C@@H](c3ccccc3)N(C(=O)OC(C)(C)C)S(=O)(=O)O)c2=O)c1F. The van der Waals surface area contributed by atoms with Crippen LogP contribution in [-0.4, -0.2) is 45.2 Å². The van der Waals surface area contributed by atoms with Crippen molar-refractivity contribution in [1.29, 1.82) is 0 Å². The van der Waals surface area contributed by atoms with E-state index >= 15 is 8.78 Å². The Hall–Kier alpha value is -4.82. The maximum Gasteiger partial charge on any atom is 0.426 e. The van der Waals surface area contributed by atoms with Gasteiger partial charge in [-0.15, -0.1) is 0 Å². The first-order valence-electron chi connectivity index (χ1n) is 14.4. The van der Waals surface area contributed by atoms with E-state index in [0.717, 1.165) is 4.57 Å². The van der Waals surface area contributed by atoms with Crippen LogP contribution in [0.15, 0.2) is 76.3 Å². The van der Waals surface area contributed by atoms with Crippen LogP contribution in [0.2, 0.25) is 0 Å². The number of aromatic nitrogens is 2. The monoisotopic (exact) mass is 671 g/mol. The highest BCUT2D eigenvalue weighted by molar-refractivity contribution is 7.84. The molecule has 0 unspecified atom stereocenters. The molecule has 4 aromatic rings. The van der Waals surface area contributed by atoms with Gasteiger partial charge in [-0.1, -0.05) is 54.6 Å². The van der Waals surface area contributed by atoms with Crippen molar-refractivity contribution in [1.82, 2.24) is 13.4 Å². The Kier molecular flexibility index (Phi) is 10.1. The van der Waals surface area contributed by atoms with E-state index in [1.165, 1.54) is 89.4 Å². The number of benzene rings is 3. The molecule has 0 saturated carbocycles. The topological polar surface area (TPSA) is 137 Å². The number of ether oxygens (including phenoxy) is 2. The zero-order chi connectivity index (χ0) is 34.8. The van der Waals surface area contributed by atoms with Crippen molar-refractivity contribution in [3.8, 4) is 16.9 Å². The Balaban J connectivity index is 2.07. The van der Waals surface area contributed by atoms with Gasteiger partial charge in [-0.2, -0.15) is 12.7 Å². The predicted octanol–water partition coefficient (Wildman–Crippen LogP) is 5.41. The second-order valence-electron chi connectivity index (χ2n) is 11.8. The summed E-state index contributed by atoms with van der Waals surface area (Å²) in [6.07, 6.45) is -1.48. The first kappa shape index (κ1) is 35.0. The normalized spacial score (nSPS) is 12.4. The highest BCUT2D eigenvalue weighted by Gasteiger charge is 2.39. The zero-order valence-electron chi connectivity index (χ0n) is 26.7. The van der Waals surface area contributed by atoms with Gasteiger partial charge in [-0.25, -0.2) is 18.4 Å². The van der Waals surface area contributed by atoms with Gasteiger partial charge in [0.2, 0.25) is 0 Å². The van der Waals surface area contributed by atoms with Gasteiger partial charge in [0, 0.05) is 16.8 Å². The molecule has 0 radical (unpaired) electrons. The van der Waals surface area contributed by atoms with Crippen molar-refractivity contribution in [2.24, 2.45) is 0 Å². The quantitative estimate of drug-likeness (QED) is 0.233. The number of carbonyl (C=O) groups is 1. The second kappa shape index (κ2) is 13.5. The van der Waals surface area contributed by atoms with Gasteiger partial charge in [-0.05, 0) is 57.9 Å². The van der Waals surface area contributed by atoms with Gasteiger partial charge in [0.05, 0.1) is 31.8 Å². The van der Waals surface area contributed by atoms with E-state index in [9.17, 15) is 27.4 Å². The standard InChI is InChI=1S/C33H35F2N3O8S/c1-20-12-10-16-25(34)24(20)18-36-21(2)28(23-15-11-17-27(45-6)29(23)35)30(39)37(31(36)40)19-26(22-13-8-7-9-14-22)38(47(42,43)44)32(41)46-33(3,4)5/h7-17,26H,18-19H2,1-6H3,(H,42,43,44)/t26-/m0/s1. The lowest BCUT2D eigenvalue weighted by atomic mass is 10.0. The van der Waals surface area contributed by atoms with Crippen molar-refractivity contribution < 1.29 is 36.0 Å². The van der Waals surface area contributed by atoms with Crippen LogP contribution in [0.5, 0.6) is 5.75 Å². The van der Waals surface area contributed by atoms with Gasteiger partial charge in [0.15, 0.2) is 11.6 Å². The molecule has 1 atom stereocenters. The summed E-state index contributed by atoms with van der Waals surface area (Å²) in [7, 11) is -4.14. The molecule has 250 valence electrons. The van der Waals surface area contributed by atoms with Crippen LogP contribution in [0.3, 0.4) is 0 Å². The number of methoxy groups -OCH3 is 1. The van der Waals surface area contributed by atoms with Crippen molar-refractivity contribution in [3.05, 3.63) is 122 Å². The van der Waals surface area contributed by atoms with E-state index in [0.29, 0.717) is 10.1 Å². The molecule has 47 heavy (non-hydrogen) atoms. The molecule has 0 saturated heterocycles. The predicted molar refractivity (Wildman–Crippen MR) is 171 cm³/mol. The van der Waals surface area contributed by atoms with Crippen LogP contribution in [0.4, 0.5) is 13.6 Å². The molecule has 0 aliphatic heterocycles. The van der Waals surface area contributed by atoms with Crippen molar-refractivity contribution in [2.75, 3.05) is 7.11 Å². The van der Waals surface area contributed by atoms with E-state index in [1.54, 1.807) is 19.1 Å². The Morgan fingerprint density at radius 3 is 2.17 bits per heavy atom. The fourth-order valence-electron chi connectivity index (χ4n) is 5.20. The van der Waals surface area contributed by atoms with Gasteiger partial charge in [0.1, 0.15) is 11.4 Å². The number of carbonyl (C=O) groups excluding carboxylic acids is 1. The third-order valence-corrected chi connectivity index (χ3v) is 8.35. The summed E-state index contributed by atoms with van der Waals surface area (Å²) < 4.78 is 78.7. The minimum atomic E-state index is -5.38. The third-order valence-electron chi connectivity index (χ3n) is 7.45. The van der Waals surface area contributed by atoms with Crippen molar-refractivity contribution >= 4 is 16.4 Å². The van der Waals surface area contributed by atoms with E-state index in [-0.39, 0.29) is 44.5 Å². The summed E-state index contributed by atoms with van der Waals surface area (Å²) in [4.78, 5) is 41.8. The summed E-state index contributed by atoms with van der Waals surface area (Å²) in [6.45, 7) is 6.25. The van der Waals surface area contributed by atoms with Gasteiger partial charge < -0.3 is 9.47 Å². The van der Waals surface area contributed by atoms with E-state index in [4.69, 9.17) is 9.47 Å². The molecule has 0 aliphatic carbocycles. The molecule has 14 heteroatoms. The first-order valence-corrected chi connectivity index (χ1v) is 15.8. The first-order chi connectivity index (χ1) is 22.0. The van der Waals surface area contributed by atoms with E-state index < -0.39 is 57.5 Å². The fraction of sp³-hybridized carbons (Fsp3) is 0.303. The Morgan fingerprint density at radius 1 is 0.957 bits per heavy atom. The highest BCUT2D eigenvalue weighted by atomic mass is 32.2. The maximum absolute atomic E-state index is 15.7. The summed E-state index contributed by atoms with van der Waals surface area (Å²) in [5.74, 6) is -1.74. The molecule has 0 spiro atoms. The van der Waals surface area contributed by atoms with E-state index in [1.807, 2.05) is 0 Å². The molecule has 1 amide bonds. The van der Waals surface area contributed by atoms with Crippen LogP contribution >= 0.6 is 0 Å². The summed E-state index contributed by atoms with van der Waals surface area (Å²) in [5.41, 5.74) is -3.09. The van der Waals surface area contributed by atoms with E-state index in [2.05, 4.69) is 0 Å². The number of hydrogen-bond acceptors (Lipinski definition) is 7. The molecule has 1 aromatic heterocycles. The number of hydrogen-bond donors (Lipinski definition) is 1. The molecule has 11 nitrogen and oxygen atoms in total. The minimum Gasteiger partial charge on any atom is -0.494 e. The molecule has 1 heterocycles. The number of amides is 1. The average molecular weight is 672 g/mol. The number of halogens is 2. The molecule has 4 rings (SSSR count). The molecular weight excluding hydrogens is 636 g/mol. The Bertz CT molecular complexity index is 2020. The van der Waals surface area contributed by atoms with Gasteiger partial charge in [-0.3, -0.25) is 18.5 Å². The maximum atomic E-state index is 15.7.